The summed E-state index contributed by atoms with van der Waals surface area (Å²) >= 11 is 0. The summed E-state index contributed by atoms with van der Waals surface area (Å²) in [5, 5.41) is 13.8. The molecule has 0 aromatic heterocycles. The number of nitrogens with one attached hydrogen (secondary N) is 1. The Morgan fingerprint density at radius 1 is 1.14 bits per heavy atom. The smallest absolute Gasteiger partial charge is 0.211 e. The van der Waals surface area contributed by atoms with Crippen molar-refractivity contribution < 1.29 is 9.90 Å². The third-order valence-electron chi connectivity index (χ3n) is 2.11. The second-order valence-corrected chi connectivity index (χ2v) is 2.94. The van der Waals surface area contributed by atoms with Gasteiger partial charge in [0.2, 0.25) is 6.41 Å². The highest BCUT2D eigenvalue weighted by Crippen LogP contribution is 2.31. The molecule has 2 aromatic rings. The number of hydrogen-bond donors (Lipinski definition) is 2. The van der Waals surface area contributed by atoms with E-state index >= 15 is 0 Å². The van der Waals surface area contributed by atoms with Crippen LogP contribution in [0.15, 0.2) is 36.4 Å². The molecule has 0 fully saturated rings. The number of rotatable bonds is 2. The van der Waals surface area contributed by atoms with Crippen molar-refractivity contribution in [3.63, 3.8) is 0 Å². The molecule has 0 radical (unpaired) electrons. The van der Waals surface area contributed by atoms with Gasteiger partial charge in [0, 0.05) is 5.39 Å². The maximum Gasteiger partial charge on any atom is 0.211 e. The van der Waals surface area contributed by atoms with Gasteiger partial charge in [0.05, 0.1) is 5.69 Å². The van der Waals surface area contributed by atoms with Crippen LogP contribution in [-0.4, -0.2) is 11.5 Å². The predicted molar refractivity (Wildman–Crippen MR) is 55.3 cm³/mol. The minimum atomic E-state index is 0.0794. The molecule has 0 spiro atoms. The molecule has 0 aliphatic heterocycles. The van der Waals surface area contributed by atoms with Gasteiger partial charge in [-0.2, -0.15) is 0 Å². The van der Waals surface area contributed by atoms with E-state index in [4.69, 9.17) is 0 Å². The molecule has 2 rings (SSSR count). The van der Waals surface area contributed by atoms with Crippen LogP contribution in [0.3, 0.4) is 0 Å². The maximum absolute atomic E-state index is 10.3. The third kappa shape index (κ3) is 1.29. The van der Waals surface area contributed by atoms with Crippen LogP contribution < -0.4 is 5.32 Å². The Balaban J connectivity index is 2.75. The van der Waals surface area contributed by atoms with Crippen molar-refractivity contribution >= 4 is 22.9 Å². The van der Waals surface area contributed by atoms with Crippen LogP contribution in [0.2, 0.25) is 0 Å². The summed E-state index contributed by atoms with van der Waals surface area (Å²) in [5.74, 6) is 0.0794. The van der Waals surface area contributed by atoms with Crippen LogP contribution in [0.4, 0.5) is 5.69 Å². The van der Waals surface area contributed by atoms with Crippen LogP contribution in [0.5, 0.6) is 5.75 Å². The SMILES string of the molecule is O=CNc1c(O)ccc2ccccc12. The lowest BCUT2D eigenvalue weighted by atomic mass is 10.1. The number of amides is 1. The molecule has 2 aromatic carbocycles. The van der Waals surface area contributed by atoms with Gasteiger partial charge in [-0.05, 0) is 11.5 Å². The first kappa shape index (κ1) is 8.56. The standard InChI is InChI=1S/C11H9NO2/c13-7-12-11-9-4-2-1-3-8(9)5-6-10(11)14/h1-7,14H,(H,12,13). The molecule has 14 heavy (non-hydrogen) atoms. The first-order chi connectivity index (χ1) is 6.83. The number of anilines is 1. The first-order valence-corrected chi connectivity index (χ1v) is 4.24. The Bertz CT molecular complexity index is 480. The summed E-state index contributed by atoms with van der Waals surface area (Å²) in [7, 11) is 0. The van der Waals surface area contributed by atoms with E-state index in [9.17, 15) is 9.90 Å². The Hall–Kier alpha value is -2.03. The molecule has 1 amide bonds. The quantitative estimate of drug-likeness (QED) is 0.558. The largest absolute Gasteiger partial charge is 0.506 e. The first-order valence-electron chi connectivity index (χ1n) is 4.24. The molecular formula is C11H9NO2. The van der Waals surface area contributed by atoms with Crippen LogP contribution >= 0.6 is 0 Å². The van der Waals surface area contributed by atoms with E-state index in [-0.39, 0.29) is 5.75 Å². The van der Waals surface area contributed by atoms with E-state index in [1.54, 1.807) is 12.1 Å². The van der Waals surface area contributed by atoms with Gasteiger partial charge in [0.1, 0.15) is 5.75 Å². The minimum Gasteiger partial charge on any atom is -0.506 e. The molecule has 0 heterocycles. The van der Waals surface area contributed by atoms with Gasteiger partial charge in [-0.3, -0.25) is 4.79 Å². The lowest BCUT2D eigenvalue weighted by molar-refractivity contribution is -0.105. The second-order valence-electron chi connectivity index (χ2n) is 2.94. The highest BCUT2D eigenvalue weighted by molar-refractivity contribution is 6.00. The van der Waals surface area contributed by atoms with Crippen LogP contribution in [0, 0.1) is 0 Å². The number of fused-ring (bicyclic) bond motifs is 1. The van der Waals surface area contributed by atoms with Gasteiger partial charge in [-0.15, -0.1) is 0 Å². The molecule has 0 aliphatic rings. The second kappa shape index (κ2) is 3.38. The zero-order chi connectivity index (χ0) is 9.97. The van der Waals surface area contributed by atoms with Crippen molar-refractivity contribution in [1.82, 2.24) is 0 Å². The molecule has 3 heteroatoms. The van der Waals surface area contributed by atoms with Crippen molar-refractivity contribution in [2.45, 2.75) is 0 Å². The van der Waals surface area contributed by atoms with Crippen molar-refractivity contribution in [1.29, 1.82) is 0 Å². The number of phenols is 1. The van der Waals surface area contributed by atoms with Gasteiger partial charge in [0.15, 0.2) is 0 Å². The average molecular weight is 187 g/mol. The van der Waals surface area contributed by atoms with Crippen molar-refractivity contribution in [3.8, 4) is 5.75 Å². The summed E-state index contributed by atoms with van der Waals surface area (Å²) in [6, 6.07) is 10.9. The molecule has 0 saturated carbocycles. The van der Waals surface area contributed by atoms with E-state index < -0.39 is 0 Å². The van der Waals surface area contributed by atoms with E-state index in [0.29, 0.717) is 12.1 Å². The summed E-state index contributed by atoms with van der Waals surface area (Å²) < 4.78 is 0. The third-order valence-corrected chi connectivity index (χ3v) is 2.11. The molecule has 0 aliphatic carbocycles. The fourth-order valence-corrected chi connectivity index (χ4v) is 1.47. The molecule has 0 unspecified atom stereocenters. The van der Waals surface area contributed by atoms with Crippen molar-refractivity contribution in [3.05, 3.63) is 36.4 Å². The zero-order valence-electron chi connectivity index (χ0n) is 7.40. The lowest BCUT2D eigenvalue weighted by Crippen LogP contribution is -1.94. The van der Waals surface area contributed by atoms with Crippen molar-refractivity contribution in [2.24, 2.45) is 0 Å². The molecular weight excluding hydrogens is 178 g/mol. The van der Waals surface area contributed by atoms with Gasteiger partial charge >= 0.3 is 0 Å². The lowest BCUT2D eigenvalue weighted by Gasteiger charge is -2.06. The Labute approximate surface area is 81.0 Å². The molecule has 0 bridgehead atoms. The highest BCUT2D eigenvalue weighted by Gasteiger charge is 2.04. The molecule has 3 nitrogen and oxygen atoms in total. The Morgan fingerprint density at radius 3 is 2.71 bits per heavy atom. The van der Waals surface area contributed by atoms with Crippen molar-refractivity contribution in [2.75, 3.05) is 5.32 Å². The van der Waals surface area contributed by atoms with E-state index in [0.717, 1.165) is 10.8 Å². The Kier molecular flexibility index (Phi) is 2.07. The number of phenolic OH excluding ortho intramolecular Hbond substituents is 1. The normalized spacial score (nSPS) is 10.0. The monoisotopic (exact) mass is 187 g/mol. The molecule has 70 valence electrons. The number of hydrogen-bond acceptors (Lipinski definition) is 2. The number of carbonyl (C=O) groups is 1. The maximum atomic E-state index is 10.3. The summed E-state index contributed by atoms with van der Waals surface area (Å²) in [4.78, 5) is 10.3. The van der Waals surface area contributed by atoms with E-state index in [1.165, 1.54) is 0 Å². The number of benzene rings is 2. The fraction of sp³-hybridized carbons (Fsp3) is 0. The average Bonchev–Trinajstić information content (AvgIpc) is 2.23. The van der Waals surface area contributed by atoms with Gasteiger partial charge < -0.3 is 10.4 Å². The molecule has 0 saturated heterocycles. The minimum absolute atomic E-state index is 0.0794. The van der Waals surface area contributed by atoms with Crippen LogP contribution in [-0.2, 0) is 4.79 Å². The van der Waals surface area contributed by atoms with Gasteiger partial charge in [-0.25, -0.2) is 0 Å². The van der Waals surface area contributed by atoms with Crippen LogP contribution in [0.1, 0.15) is 0 Å². The van der Waals surface area contributed by atoms with Gasteiger partial charge in [-0.1, -0.05) is 30.3 Å². The number of carbonyl (C=O) groups excluding carboxylic acids is 1. The predicted octanol–water partition coefficient (Wildman–Crippen LogP) is 2.11. The topological polar surface area (TPSA) is 49.3 Å². The van der Waals surface area contributed by atoms with E-state index in [1.807, 2.05) is 24.3 Å². The Morgan fingerprint density at radius 2 is 1.93 bits per heavy atom. The number of aromatic hydroxyl groups is 1. The zero-order valence-corrected chi connectivity index (χ0v) is 7.40. The molecule has 0 atom stereocenters. The van der Waals surface area contributed by atoms with Gasteiger partial charge in [0.25, 0.3) is 0 Å². The van der Waals surface area contributed by atoms with Crippen LogP contribution in [0.25, 0.3) is 10.8 Å². The highest BCUT2D eigenvalue weighted by atomic mass is 16.3. The summed E-state index contributed by atoms with van der Waals surface area (Å²) in [6.45, 7) is 0. The summed E-state index contributed by atoms with van der Waals surface area (Å²) in [5.41, 5.74) is 0.457. The summed E-state index contributed by atoms with van der Waals surface area (Å²) in [6.07, 6.45) is 0.557. The fourth-order valence-electron chi connectivity index (χ4n) is 1.47. The molecule has 2 N–H and O–H groups in total. The van der Waals surface area contributed by atoms with E-state index in [2.05, 4.69) is 5.32 Å².